The molecule has 5 nitrogen and oxygen atoms in total. The lowest BCUT2D eigenvalue weighted by atomic mass is 10.0. The highest BCUT2D eigenvalue weighted by Gasteiger charge is 2.18. The molecule has 0 heterocycles. The molecular weight excluding hydrogens is 268 g/mol. The first-order chi connectivity index (χ1) is 8.95. The lowest BCUT2D eigenvalue weighted by Crippen LogP contribution is -2.11. The molecule has 1 aromatic rings. The van der Waals surface area contributed by atoms with Crippen molar-refractivity contribution in [3.63, 3.8) is 0 Å². The van der Waals surface area contributed by atoms with Gasteiger partial charge in [-0.2, -0.15) is 0 Å². The van der Waals surface area contributed by atoms with Gasteiger partial charge in [-0.05, 0) is 25.0 Å². The number of aliphatic hydroxyl groups is 1. The van der Waals surface area contributed by atoms with Crippen molar-refractivity contribution in [1.29, 1.82) is 0 Å². The van der Waals surface area contributed by atoms with Crippen molar-refractivity contribution in [2.24, 2.45) is 0 Å². The van der Waals surface area contributed by atoms with Crippen LogP contribution in [0.2, 0.25) is 0 Å². The van der Waals surface area contributed by atoms with Gasteiger partial charge in [0, 0.05) is 16.9 Å². The number of carbonyl (C=O) groups excluding carboxylic acids is 1. The quantitative estimate of drug-likeness (QED) is 0.546. The molecule has 1 atom stereocenters. The summed E-state index contributed by atoms with van der Waals surface area (Å²) in [5, 5.41) is 18.2. The zero-order valence-electron chi connectivity index (χ0n) is 10.5. The van der Waals surface area contributed by atoms with Crippen molar-refractivity contribution < 1.29 is 24.5 Å². The van der Waals surface area contributed by atoms with Crippen LogP contribution in [0.25, 0.3) is 0 Å². The first-order valence-electron chi connectivity index (χ1n) is 5.84. The molecule has 0 spiro atoms. The number of carbonyl (C=O) groups is 2. The van der Waals surface area contributed by atoms with Crippen LogP contribution in [0.5, 0.6) is 0 Å². The Labute approximate surface area is 116 Å². The second kappa shape index (κ2) is 7.16. The summed E-state index contributed by atoms with van der Waals surface area (Å²) >= 11 is 4.15. The number of esters is 1. The molecule has 0 aliphatic heterocycles. The molecule has 0 aromatic heterocycles. The average Bonchev–Trinajstić information content (AvgIpc) is 2.36. The summed E-state index contributed by atoms with van der Waals surface area (Å²) in [6, 6.07) is 4.81. The van der Waals surface area contributed by atoms with Gasteiger partial charge in [0.25, 0.3) is 0 Å². The molecule has 19 heavy (non-hydrogen) atoms. The van der Waals surface area contributed by atoms with Crippen LogP contribution in [0, 0.1) is 0 Å². The van der Waals surface area contributed by atoms with Gasteiger partial charge in [0.15, 0.2) is 6.10 Å². The van der Waals surface area contributed by atoms with Gasteiger partial charge in [-0.3, -0.25) is 4.79 Å². The van der Waals surface area contributed by atoms with Gasteiger partial charge in [0.1, 0.15) is 0 Å². The summed E-state index contributed by atoms with van der Waals surface area (Å²) in [6.07, 6.45) is -0.857. The molecule has 0 radical (unpaired) electrons. The fraction of sp³-hybridized carbons (Fsp3) is 0.385. The zero-order chi connectivity index (χ0) is 14.4. The van der Waals surface area contributed by atoms with E-state index in [2.05, 4.69) is 12.6 Å². The normalized spacial score (nSPS) is 11.9. The molecule has 0 bridgehead atoms. The Morgan fingerprint density at radius 2 is 2.11 bits per heavy atom. The second-order valence-electron chi connectivity index (χ2n) is 3.94. The number of aliphatic carboxylic acids is 1. The molecule has 0 aliphatic rings. The van der Waals surface area contributed by atoms with E-state index >= 15 is 0 Å². The van der Waals surface area contributed by atoms with Crippen LogP contribution in [-0.4, -0.2) is 28.8 Å². The molecule has 0 fully saturated rings. The molecular formula is C13H16O5S. The Morgan fingerprint density at radius 1 is 1.42 bits per heavy atom. The minimum Gasteiger partial charge on any atom is -0.479 e. The fourth-order valence-corrected chi connectivity index (χ4v) is 1.95. The smallest absolute Gasteiger partial charge is 0.337 e. The number of ether oxygens (including phenoxy) is 1. The first-order valence-corrected chi connectivity index (χ1v) is 6.28. The predicted molar refractivity (Wildman–Crippen MR) is 71.2 cm³/mol. The van der Waals surface area contributed by atoms with Gasteiger partial charge >= 0.3 is 11.9 Å². The fourth-order valence-electron chi connectivity index (χ4n) is 1.59. The third kappa shape index (κ3) is 4.57. The van der Waals surface area contributed by atoms with Crippen LogP contribution in [-0.2, 0) is 20.7 Å². The van der Waals surface area contributed by atoms with Crippen molar-refractivity contribution in [3.8, 4) is 0 Å². The van der Waals surface area contributed by atoms with Gasteiger partial charge in [-0.1, -0.05) is 12.1 Å². The predicted octanol–water partition coefficient (Wildman–Crippen LogP) is 1.59. The van der Waals surface area contributed by atoms with Crippen LogP contribution in [0.1, 0.15) is 30.6 Å². The summed E-state index contributed by atoms with van der Waals surface area (Å²) in [5.74, 6) is -1.60. The number of hydrogen-bond donors (Lipinski definition) is 3. The molecule has 0 saturated heterocycles. The number of aliphatic hydroxyl groups excluding tert-OH is 1. The zero-order valence-corrected chi connectivity index (χ0v) is 11.4. The summed E-state index contributed by atoms with van der Waals surface area (Å²) in [6.45, 7) is 2.09. The van der Waals surface area contributed by atoms with E-state index in [1.165, 1.54) is 6.07 Å². The lowest BCUT2D eigenvalue weighted by Gasteiger charge is -2.10. The molecule has 104 valence electrons. The molecule has 6 heteroatoms. The molecule has 1 rings (SSSR count). The Morgan fingerprint density at radius 3 is 2.63 bits per heavy atom. The number of carboxylic acid groups (broad SMARTS) is 1. The van der Waals surface area contributed by atoms with Crippen molar-refractivity contribution in [2.45, 2.75) is 30.8 Å². The minimum absolute atomic E-state index is 0.232. The van der Waals surface area contributed by atoms with E-state index in [0.717, 1.165) is 5.56 Å². The lowest BCUT2D eigenvalue weighted by molar-refractivity contribution is -0.147. The Hall–Kier alpha value is -1.53. The highest BCUT2D eigenvalue weighted by Crippen LogP contribution is 2.23. The second-order valence-corrected chi connectivity index (χ2v) is 4.42. The summed E-state index contributed by atoms with van der Waals surface area (Å²) < 4.78 is 4.81. The number of benzene rings is 1. The van der Waals surface area contributed by atoms with Crippen molar-refractivity contribution in [2.75, 3.05) is 6.61 Å². The maximum Gasteiger partial charge on any atom is 0.337 e. The van der Waals surface area contributed by atoms with E-state index < -0.39 is 12.1 Å². The van der Waals surface area contributed by atoms with Crippen LogP contribution < -0.4 is 0 Å². The monoisotopic (exact) mass is 284 g/mol. The number of rotatable bonds is 6. The van der Waals surface area contributed by atoms with Gasteiger partial charge in [-0.15, -0.1) is 12.6 Å². The summed E-state index contributed by atoms with van der Waals surface area (Å²) in [5.41, 5.74) is 1.06. The van der Waals surface area contributed by atoms with Gasteiger partial charge in [0.05, 0.1) is 6.61 Å². The van der Waals surface area contributed by atoms with Crippen LogP contribution in [0.4, 0.5) is 0 Å². The van der Waals surface area contributed by atoms with E-state index in [1.54, 1.807) is 19.1 Å². The standard InChI is InChI=1S/C13H16O5S/c1-2-18-11(14)6-4-8-3-5-9(10(19)7-8)12(15)13(16)17/h3,5,7,12,15,19H,2,4,6H2,1H3,(H,16,17). The third-order valence-electron chi connectivity index (χ3n) is 2.55. The highest BCUT2D eigenvalue weighted by atomic mass is 32.1. The molecule has 0 amide bonds. The number of hydrogen-bond acceptors (Lipinski definition) is 5. The van der Waals surface area contributed by atoms with Crippen LogP contribution >= 0.6 is 12.6 Å². The van der Waals surface area contributed by atoms with E-state index in [9.17, 15) is 14.7 Å². The van der Waals surface area contributed by atoms with E-state index in [1.807, 2.05) is 0 Å². The van der Waals surface area contributed by atoms with Crippen molar-refractivity contribution >= 4 is 24.6 Å². The molecule has 1 unspecified atom stereocenters. The van der Waals surface area contributed by atoms with Gasteiger partial charge in [-0.25, -0.2) is 4.79 Å². The van der Waals surface area contributed by atoms with Gasteiger partial charge in [0.2, 0.25) is 0 Å². The van der Waals surface area contributed by atoms with E-state index in [0.29, 0.717) is 17.9 Å². The maximum absolute atomic E-state index is 11.2. The van der Waals surface area contributed by atoms with E-state index in [-0.39, 0.29) is 18.0 Å². The molecule has 0 saturated carbocycles. The number of thiol groups is 1. The van der Waals surface area contributed by atoms with Crippen LogP contribution in [0.3, 0.4) is 0 Å². The number of carboxylic acids is 1. The summed E-state index contributed by atoms with van der Waals surface area (Å²) in [7, 11) is 0. The maximum atomic E-state index is 11.2. The van der Waals surface area contributed by atoms with Crippen LogP contribution in [0.15, 0.2) is 23.1 Å². The highest BCUT2D eigenvalue weighted by molar-refractivity contribution is 7.80. The number of aryl methyl sites for hydroxylation is 1. The van der Waals surface area contributed by atoms with Crippen molar-refractivity contribution in [3.05, 3.63) is 29.3 Å². The SMILES string of the molecule is CCOC(=O)CCc1ccc(C(O)C(=O)O)c(S)c1. The first kappa shape index (κ1) is 15.5. The third-order valence-corrected chi connectivity index (χ3v) is 2.93. The minimum atomic E-state index is -1.59. The Balaban J connectivity index is 2.72. The summed E-state index contributed by atoms with van der Waals surface area (Å²) in [4.78, 5) is 22.3. The topological polar surface area (TPSA) is 83.8 Å². The molecule has 2 N–H and O–H groups in total. The van der Waals surface area contributed by atoms with Crippen molar-refractivity contribution in [1.82, 2.24) is 0 Å². The molecule has 1 aromatic carbocycles. The largest absolute Gasteiger partial charge is 0.479 e. The Bertz CT molecular complexity index is 472. The average molecular weight is 284 g/mol. The Kier molecular flexibility index (Phi) is 5.85. The van der Waals surface area contributed by atoms with E-state index in [4.69, 9.17) is 9.84 Å². The van der Waals surface area contributed by atoms with Gasteiger partial charge < -0.3 is 14.9 Å². The molecule has 0 aliphatic carbocycles.